The number of nitrogens with zero attached hydrogens (tertiary/aromatic N) is 1. The van der Waals surface area contributed by atoms with Gasteiger partial charge in [-0.2, -0.15) is 0 Å². The topological polar surface area (TPSA) is 78.5 Å². The molecule has 0 aromatic heterocycles. The molecule has 1 aliphatic carbocycles. The number of urea groups is 1. The Hall–Kier alpha value is -3.15. The number of rotatable bonds is 6. The summed E-state index contributed by atoms with van der Waals surface area (Å²) in [4.78, 5) is 37.3. The van der Waals surface area contributed by atoms with E-state index in [0.717, 1.165) is 31.2 Å². The molecule has 0 atom stereocenters. The van der Waals surface area contributed by atoms with Crippen LogP contribution in [0.5, 0.6) is 0 Å². The van der Waals surface area contributed by atoms with Crippen molar-refractivity contribution in [1.29, 1.82) is 0 Å². The number of hydrogen-bond acceptors (Lipinski definition) is 3. The average molecular weight is 405 g/mol. The molecule has 1 aliphatic heterocycles. The third-order valence-electron chi connectivity index (χ3n) is 6.14. The lowest BCUT2D eigenvalue weighted by Crippen LogP contribution is -2.32. The van der Waals surface area contributed by atoms with Gasteiger partial charge >= 0.3 is 6.03 Å². The number of amides is 4. The van der Waals surface area contributed by atoms with E-state index in [0.29, 0.717) is 23.9 Å². The minimum Gasteiger partial charge on any atom is -0.352 e. The maximum atomic E-state index is 12.6. The van der Waals surface area contributed by atoms with Crippen molar-refractivity contribution >= 4 is 17.8 Å². The number of hydrogen-bond donors (Lipinski definition) is 2. The first kappa shape index (κ1) is 20.1. The summed E-state index contributed by atoms with van der Waals surface area (Å²) < 4.78 is 0. The van der Waals surface area contributed by atoms with E-state index in [4.69, 9.17) is 0 Å². The summed E-state index contributed by atoms with van der Waals surface area (Å²) in [6.07, 6.45) is 4.55. The summed E-state index contributed by atoms with van der Waals surface area (Å²) in [5.74, 6) is 0.767. The summed E-state index contributed by atoms with van der Waals surface area (Å²) in [6.45, 7) is 0.887. The molecule has 0 spiro atoms. The van der Waals surface area contributed by atoms with Crippen LogP contribution >= 0.6 is 0 Å². The van der Waals surface area contributed by atoms with Crippen LogP contribution in [0, 0.1) is 5.92 Å². The van der Waals surface area contributed by atoms with Crippen molar-refractivity contribution in [3.8, 4) is 0 Å². The second kappa shape index (κ2) is 9.11. The minimum absolute atomic E-state index is 0.0333. The molecule has 2 fully saturated rings. The molecule has 1 heterocycles. The zero-order valence-corrected chi connectivity index (χ0v) is 17.0. The van der Waals surface area contributed by atoms with Crippen molar-refractivity contribution in [2.45, 2.75) is 38.1 Å². The Labute approximate surface area is 176 Å². The molecule has 1 saturated carbocycles. The SMILES string of the molecule is O=C(NCC1CCC(c2ccccc2)CC1)c1cccc(CN2C(=O)CNC2=O)c1. The van der Waals surface area contributed by atoms with Crippen LogP contribution in [0.15, 0.2) is 54.6 Å². The summed E-state index contributed by atoms with van der Waals surface area (Å²) in [5, 5.41) is 5.57. The Kier molecular flexibility index (Phi) is 6.12. The highest BCUT2D eigenvalue weighted by Gasteiger charge is 2.28. The third-order valence-corrected chi connectivity index (χ3v) is 6.14. The van der Waals surface area contributed by atoms with E-state index in [9.17, 15) is 14.4 Å². The Balaban J connectivity index is 1.27. The van der Waals surface area contributed by atoms with Crippen LogP contribution in [0.25, 0.3) is 0 Å². The van der Waals surface area contributed by atoms with E-state index in [1.807, 2.05) is 6.07 Å². The number of benzene rings is 2. The van der Waals surface area contributed by atoms with Crippen LogP contribution in [0.1, 0.15) is 53.1 Å². The zero-order valence-electron chi connectivity index (χ0n) is 17.0. The van der Waals surface area contributed by atoms with Gasteiger partial charge in [0, 0.05) is 12.1 Å². The summed E-state index contributed by atoms with van der Waals surface area (Å²) in [5.41, 5.74) is 2.73. The van der Waals surface area contributed by atoms with Crippen LogP contribution in [0.3, 0.4) is 0 Å². The fraction of sp³-hybridized carbons (Fsp3) is 0.375. The molecule has 0 bridgehead atoms. The van der Waals surface area contributed by atoms with Crippen LogP contribution in [0.2, 0.25) is 0 Å². The molecule has 6 nitrogen and oxygen atoms in total. The Bertz CT molecular complexity index is 904. The van der Waals surface area contributed by atoms with E-state index in [1.165, 1.54) is 10.5 Å². The van der Waals surface area contributed by atoms with Gasteiger partial charge in [0.25, 0.3) is 5.91 Å². The van der Waals surface area contributed by atoms with E-state index >= 15 is 0 Å². The molecule has 6 heteroatoms. The lowest BCUT2D eigenvalue weighted by atomic mass is 9.78. The van der Waals surface area contributed by atoms with Gasteiger partial charge in [-0.3, -0.25) is 14.5 Å². The molecule has 30 heavy (non-hydrogen) atoms. The number of imide groups is 1. The van der Waals surface area contributed by atoms with Crippen molar-refractivity contribution in [1.82, 2.24) is 15.5 Å². The van der Waals surface area contributed by atoms with Crippen LogP contribution in [0.4, 0.5) is 4.79 Å². The van der Waals surface area contributed by atoms with Gasteiger partial charge in [-0.1, -0.05) is 42.5 Å². The summed E-state index contributed by atoms with van der Waals surface area (Å²) in [6, 6.07) is 17.4. The highest BCUT2D eigenvalue weighted by Crippen LogP contribution is 2.35. The molecule has 2 N–H and O–H groups in total. The highest BCUT2D eigenvalue weighted by atomic mass is 16.2. The molecule has 4 amide bonds. The van der Waals surface area contributed by atoms with Crippen LogP contribution < -0.4 is 10.6 Å². The smallest absolute Gasteiger partial charge is 0.324 e. The molecular weight excluding hydrogens is 378 g/mol. The van der Waals surface area contributed by atoms with Gasteiger partial charge in [-0.05, 0) is 60.8 Å². The third kappa shape index (κ3) is 4.70. The fourth-order valence-corrected chi connectivity index (χ4v) is 4.37. The summed E-state index contributed by atoms with van der Waals surface area (Å²) >= 11 is 0. The average Bonchev–Trinajstić information content (AvgIpc) is 3.10. The van der Waals surface area contributed by atoms with E-state index in [-0.39, 0.29) is 30.9 Å². The van der Waals surface area contributed by atoms with Gasteiger partial charge in [0.1, 0.15) is 0 Å². The first-order valence-corrected chi connectivity index (χ1v) is 10.6. The largest absolute Gasteiger partial charge is 0.352 e. The van der Waals surface area contributed by atoms with Crippen molar-refractivity contribution in [3.05, 3.63) is 71.3 Å². The molecule has 0 unspecified atom stereocenters. The maximum Gasteiger partial charge on any atom is 0.324 e. The van der Waals surface area contributed by atoms with Gasteiger partial charge < -0.3 is 10.6 Å². The highest BCUT2D eigenvalue weighted by molar-refractivity contribution is 6.02. The molecule has 0 radical (unpaired) electrons. The first-order valence-electron chi connectivity index (χ1n) is 10.6. The van der Waals surface area contributed by atoms with Gasteiger partial charge in [0.2, 0.25) is 5.91 Å². The minimum atomic E-state index is -0.388. The number of nitrogens with one attached hydrogen (secondary N) is 2. The Morgan fingerprint density at radius 1 is 1.00 bits per heavy atom. The van der Waals surface area contributed by atoms with Crippen LogP contribution in [-0.2, 0) is 11.3 Å². The number of carbonyl (C=O) groups excluding carboxylic acids is 3. The van der Waals surface area contributed by atoms with Crippen molar-refractivity contribution in [3.63, 3.8) is 0 Å². The van der Waals surface area contributed by atoms with Gasteiger partial charge in [-0.25, -0.2) is 4.79 Å². The molecular formula is C24H27N3O3. The predicted molar refractivity (Wildman–Crippen MR) is 114 cm³/mol. The lowest BCUT2D eigenvalue weighted by molar-refractivity contribution is -0.125. The van der Waals surface area contributed by atoms with E-state index < -0.39 is 0 Å². The Morgan fingerprint density at radius 2 is 1.77 bits per heavy atom. The van der Waals surface area contributed by atoms with Crippen molar-refractivity contribution in [2.75, 3.05) is 13.1 Å². The maximum absolute atomic E-state index is 12.6. The second-order valence-electron chi connectivity index (χ2n) is 8.18. The van der Waals surface area contributed by atoms with Gasteiger partial charge in [0.15, 0.2) is 0 Å². The van der Waals surface area contributed by atoms with Crippen LogP contribution in [-0.4, -0.2) is 35.8 Å². The molecule has 156 valence electrons. The second-order valence-corrected chi connectivity index (χ2v) is 8.18. The quantitative estimate of drug-likeness (QED) is 0.723. The molecule has 4 rings (SSSR count). The molecule has 2 aliphatic rings. The normalized spacial score (nSPS) is 21.4. The van der Waals surface area contributed by atoms with Gasteiger partial charge in [0.05, 0.1) is 13.1 Å². The standard InChI is InChI=1S/C24H27N3O3/c28-22-15-26-24(30)27(22)16-18-5-4-8-21(13-18)23(29)25-14-17-9-11-20(12-10-17)19-6-2-1-3-7-19/h1-8,13,17,20H,9-12,14-16H2,(H,25,29)(H,26,30). The predicted octanol–water partition coefficient (Wildman–Crippen LogP) is 3.44. The van der Waals surface area contributed by atoms with Gasteiger partial charge in [-0.15, -0.1) is 0 Å². The Morgan fingerprint density at radius 3 is 2.47 bits per heavy atom. The van der Waals surface area contributed by atoms with E-state index in [1.54, 1.807) is 18.2 Å². The monoisotopic (exact) mass is 405 g/mol. The van der Waals surface area contributed by atoms with Crippen molar-refractivity contribution in [2.24, 2.45) is 5.92 Å². The van der Waals surface area contributed by atoms with Crippen molar-refractivity contribution < 1.29 is 14.4 Å². The number of carbonyl (C=O) groups is 3. The molecule has 1 saturated heterocycles. The van der Waals surface area contributed by atoms with E-state index in [2.05, 4.69) is 41.0 Å². The summed E-state index contributed by atoms with van der Waals surface area (Å²) in [7, 11) is 0. The zero-order chi connectivity index (χ0) is 20.9. The molecule has 2 aromatic carbocycles. The lowest BCUT2D eigenvalue weighted by Gasteiger charge is -2.29. The first-order chi connectivity index (χ1) is 14.6. The molecule has 2 aromatic rings. The fourth-order valence-electron chi connectivity index (χ4n) is 4.37.